The van der Waals surface area contributed by atoms with Crippen LogP contribution in [0.2, 0.25) is 0 Å². The van der Waals surface area contributed by atoms with Gasteiger partial charge < -0.3 is 15.1 Å². The first-order chi connectivity index (χ1) is 8.66. The van der Waals surface area contributed by atoms with E-state index in [1.807, 2.05) is 18.2 Å². The number of furan rings is 1. The average molecular weight is 244 g/mol. The Bertz CT molecular complexity index is 561. The largest absolute Gasteiger partial charge is 0.457 e. The Labute approximate surface area is 104 Å². The van der Waals surface area contributed by atoms with Gasteiger partial charge in [-0.2, -0.15) is 0 Å². The van der Waals surface area contributed by atoms with Crippen LogP contribution >= 0.6 is 0 Å². The third-order valence-electron chi connectivity index (χ3n) is 2.21. The highest BCUT2D eigenvalue weighted by Crippen LogP contribution is 2.18. The molecule has 1 heterocycles. The monoisotopic (exact) mass is 244 g/mol. The molecule has 92 valence electrons. The molecule has 2 amide bonds. The van der Waals surface area contributed by atoms with E-state index in [-0.39, 0.29) is 11.7 Å². The number of carbonyl (C=O) groups excluding carboxylic acids is 2. The number of para-hydroxylation sites is 1. The van der Waals surface area contributed by atoms with Crippen LogP contribution in [0.15, 0.2) is 47.1 Å². The van der Waals surface area contributed by atoms with Crippen LogP contribution in [0.5, 0.6) is 0 Å². The topological polar surface area (TPSA) is 71.3 Å². The third-order valence-corrected chi connectivity index (χ3v) is 2.21. The Kier molecular flexibility index (Phi) is 3.43. The van der Waals surface area contributed by atoms with Gasteiger partial charge in [0.15, 0.2) is 0 Å². The van der Waals surface area contributed by atoms with Gasteiger partial charge in [0.25, 0.3) is 5.91 Å². The van der Waals surface area contributed by atoms with E-state index >= 15 is 0 Å². The van der Waals surface area contributed by atoms with Gasteiger partial charge in [-0.1, -0.05) is 18.2 Å². The van der Waals surface area contributed by atoms with Crippen molar-refractivity contribution in [1.29, 1.82) is 0 Å². The van der Waals surface area contributed by atoms with Crippen molar-refractivity contribution in [2.45, 2.75) is 6.92 Å². The molecular formula is C13H12N2O3. The zero-order valence-corrected chi connectivity index (χ0v) is 9.77. The highest BCUT2D eigenvalue weighted by molar-refractivity contribution is 6.07. The Morgan fingerprint density at radius 3 is 2.44 bits per heavy atom. The molecule has 0 aliphatic rings. The third kappa shape index (κ3) is 2.76. The molecule has 0 spiro atoms. The number of rotatable bonds is 3. The van der Waals surface area contributed by atoms with Crippen molar-refractivity contribution in [3.8, 4) is 0 Å². The minimum absolute atomic E-state index is 0.0778. The van der Waals surface area contributed by atoms with E-state index < -0.39 is 5.91 Å². The molecule has 2 aromatic rings. The average Bonchev–Trinajstić information content (AvgIpc) is 2.77. The Morgan fingerprint density at radius 1 is 1.06 bits per heavy atom. The zero-order chi connectivity index (χ0) is 13.0. The van der Waals surface area contributed by atoms with Crippen LogP contribution in [-0.4, -0.2) is 11.8 Å². The van der Waals surface area contributed by atoms with Crippen molar-refractivity contribution in [2.24, 2.45) is 0 Å². The fraction of sp³-hybridized carbons (Fsp3) is 0.0769. The van der Waals surface area contributed by atoms with Crippen LogP contribution in [0.1, 0.15) is 17.5 Å². The van der Waals surface area contributed by atoms with Gasteiger partial charge in [0, 0.05) is 18.7 Å². The molecule has 0 unspecified atom stereocenters. The second kappa shape index (κ2) is 5.18. The summed E-state index contributed by atoms with van der Waals surface area (Å²) < 4.78 is 5.07. The van der Waals surface area contributed by atoms with Gasteiger partial charge in [-0.25, -0.2) is 0 Å². The first kappa shape index (κ1) is 11.9. The van der Waals surface area contributed by atoms with E-state index in [2.05, 4.69) is 10.6 Å². The summed E-state index contributed by atoms with van der Waals surface area (Å²) in [6.45, 7) is 1.37. The summed E-state index contributed by atoms with van der Waals surface area (Å²) in [6.07, 6.45) is 1.35. The van der Waals surface area contributed by atoms with Crippen molar-refractivity contribution >= 4 is 23.2 Å². The lowest BCUT2D eigenvalue weighted by Crippen LogP contribution is -2.15. The predicted molar refractivity (Wildman–Crippen MR) is 67.4 cm³/mol. The van der Waals surface area contributed by atoms with Crippen molar-refractivity contribution in [3.63, 3.8) is 0 Å². The summed E-state index contributed by atoms with van der Waals surface area (Å²) in [6, 6.07) is 10.5. The first-order valence-electron chi connectivity index (χ1n) is 5.38. The van der Waals surface area contributed by atoms with Crippen LogP contribution in [0.3, 0.4) is 0 Å². The maximum absolute atomic E-state index is 11.9. The molecule has 0 fully saturated rings. The maximum Gasteiger partial charge on any atom is 0.293 e. The Morgan fingerprint density at radius 2 is 1.78 bits per heavy atom. The molecule has 0 saturated heterocycles. The molecule has 0 saturated carbocycles. The van der Waals surface area contributed by atoms with Crippen molar-refractivity contribution < 1.29 is 14.0 Å². The molecule has 18 heavy (non-hydrogen) atoms. The van der Waals surface area contributed by atoms with Gasteiger partial charge >= 0.3 is 0 Å². The normalized spacial score (nSPS) is 9.83. The SMILES string of the molecule is CC(=O)Nc1ccoc1C(=O)Nc1ccccc1. The molecule has 5 nitrogen and oxygen atoms in total. The molecule has 2 rings (SSSR count). The van der Waals surface area contributed by atoms with Gasteiger partial charge in [-0.15, -0.1) is 0 Å². The minimum atomic E-state index is -0.407. The second-order valence-electron chi connectivity index (χ2n) is 3.66. The second-order valence-corrected chi connectivity index (χ2v) is 3.66. The number of hydrogen-bond acceptors (Lipinski definition) is 3. The Hall–Kier alpha value is -2.56. The highest BCUT2D eigenvalue weighted by Gasteiger charge is 2.16. The summed E-state index contributed by atoms with van der Waals surface area (Å²) in [5.74, 6) is -0.589. The standard InChI is InChI=1S/C13H12N2O3/c1-9(16)14-11-7-8-18-12(11)13(17)15-10-5-3-2-4-6-10/h2-8H,1H3,(H,14,16)(H,15,17). The van der Waals surface area contributed by atoms with E-state index in [1.165, 1.54) is 19.3 Å². The van der Waals surface area contributed by atoms with Gasteiger partial charge in [0.1, 0.15) is 0 Å². The quantitative estimate of drug-likeness (QED) is 0.871. The van der Waals surface area contributed by atoms with E-state index in [1.54, 1.807) is 12.1 Å². The summed E-state index contributed by atoms with van der Waals surface area (Å²) in [5, 5.41) is 5.20. The zero-order valence-electron chi connectivity index (χ0n) is 9.77. The molecule has 2 N–H and O–H groups in total. The summed E-state index contributed by atoms with van der Waals surface area (Å²) in [4.78, 5) is 22.9. The van der Waals surface area contributed by atoms with Crippen molar-refractivity contribution in [1.82, 2.24) is 0 Å². The van der Waals surface area contributed by atoms with Crippen LogP contribution in [0, 0.1) is 0 Å². The molecule has 0 aliphatic heterocycles. The van der Waals surface area contributed by atoms with Gasteiger partial charge in [-0.3, -0.25) is 9.59 Å². The molecule has 0 radical (unpaired) electrons. The van der Waals surface area contributed by atoms with E-state index in [4.69, 9.17) is 4.42 Å². The Balaban J connectivity index is 2.14. The van der Waals surface area contributed by atoms with Gasteiger partial charge in [-0.05, 0) is 12.1 Å². The molecule has 0 atom stereocenters. The van der Waals surface area contributed by atoms with Crippen LogP contribution < -0.4 is 10.6 Å². The fourth-order valence-electron chi connectivity index (χ4n) is 1.48. The number of hydrogen-bond donors (Lipinski definition) is 2. The molecule has 1 aromatic heterocycles. The number of nitrogens with one attached hydrogen (secondary N) is 2. The lowest BCUT2D eigenvalue weighted by molar-refractivity contribution is -0.114. The van der Waals surface area contributed by atoms with Crippen molar-refractivity contribution in [3.05, 3.63) is 48.4 Å². The lowest BCUT2D eigenvalue weighted by atomic mass is 10.3. The summed E-state index contributed by atoms with van der Waals surface area (Å²) in [7, 11) is 0. The number of amides is 2. The first-order valence-corrected chi connectivity index (χ1v) is 5.38. The van der Waals surface area contributed by atoms with Gasteiger partial charge in [0.05, 0.1) is 12.0 Å². The number of carbonyl (C=O) groups is 2. The highest BCUT2D eigenvalue weighted by atomic mass is 16.3. The van der Waals surface area contributed by atoms with Crippen LogP contribution in [0.4, 0.5) is 11.4 Å². The predicted octanol–water partition coefficient (Wildman–Crippen LogP) is 2.49. The fourth-order valence-corrected chi connectivity index (χ4v) is 1.48. The van der Waals surface area contributed by atoms with E-state index in [0.717, 1.165) is 0 Å². The molecular weight excluding hydrogens is 232 g/mol. The minimum Gasteiger partial charge on any atom is -0.457 e. The lowest BCUT2D eigenvalue weighted by Gasteiger charge is -2.05. The van der Waals surface area contributed by atoms with Crippen LogP contribution in [0.25, 0.3) is 0 Å². The van der Waals surface area contributed by atoms with Gasteiger partial charge in [0.2, 0.25) is 11.7 Å². The van der Waals surface area contributed by atoms with Crippen LogP contribution in [-0.2, 0) is 4.79 Å². The maximum atomic E-state index is 11.9. The smallest absolute Gasteiger partial charge is 0.293 e. The summed E-state index contributed by atoms with van der Waals surface area (Å²) in [5.41, 5.74) is 1.02. The molecule has 0 aliphatic carbocycles. The van der Waals surface area contributed by atoms with E-state index in [0.29, 0.717) is 11.4 Å². The number of benzene rings is 1. The molecule has 5 heteroatoms. The summed E-state index contributed by atoms with van der Waals surface area (Å²) >= 11 is 0. The van der Waals surface area contributed by atoms with Crippen molar-refractivity contribution in [2.75, 3.05) is 10.6 Å². The molecule has 1 aromatic carbocycles. The van der Waals surface area contributed by atoms with E-state index in [9.17, 15) is 9.59 Å². The molecule has 0 bridgehead atoms. The number of anilines is 2.